The van der Waals surface area contributed by atoms with Gasteiger partial charge in [0.05, 0.1) is 26.4 Å². The van der Waals surface area contributed by atoms with Crippen LogP contribution in [0.5, 0.6) is 0 Å². The summed E-state index contributed by atoms with van der Waals surface area (Å²) in [5.74, 6) is 1.02. The van der Waals surface area contributed by atoms with E-state index < -0.39 is 0 Å². The second-order valence-electron chi connectivity index (χ2n) is 3.81. The van der Waals surface area contributed by atoms with E-state index >= 15 is 0 Å². The summed E-state index contributed by atoms with van der Waals surface area (Å²) in [6.45, 7) is 6.54. The maximum absolute atomic E-state index is 5.34. The maximum atomic E-state index is 5.34. The average molecular weight is 260 g/mol. The van der Waals surface area contributed by atoms with Crippen molar-refractivity contribution in [1.82, 2.24) is 4.90 Å². The highest BCUT2D eigenvalue weighted by atomic mass is 32.1. The number of rotatable bonds is 1. The number of nitrogens with zero attached hydrogens (tertiary/aromatic N) is 2. The minimum atomic E-state index is 0.559. The van der Waals surface area contributed by atoms with Crippen LogP contribution in [-0.2, 0) is 22.1 Å². The predicted octanol–water partition coefficient (Wildman–Crippen LogP) is -0.366. The van der Waals surface area contributed by atoms with Crippen molar-refractivity contribution in [2.45, 2.75) is 0 Å². The Labute approximate surface area is 107 Å². The smallest absolute Gasteiger partial charge is 0.259 e. The van der Waals surface area contributed by atoms with Crippen LogP contribution >= 0.6 is 12.2 Å². The van der Waals surface area contributed by atoms with E-state index in [0.717, 1.165) is 58.4 Å². The van der Waals surface area contributed by atoms with Crippen LogP contribution < -0.4 is 0 Å². The van der Waals surface area contributed by atoms with Crippen molar-refractivity contribution in [2.24, 2.45) is 0 Å². The Hall–Kier alpha value is -0.300. The molecule has 0 unspecified atom stereocenters. The lowest BCUT2D eigenvalue weighted by Gasteiger charge is -2.29. The van der Waals surface area contributed by atoms with Gasteiger partial charge in [-0.3, -0.25) is 9.48 Å². The molecule has 2 rings (SSSR count). The van der Waals surface area contributed by atoms with Gasteiger partial charge in [-0.2, -0.15) is 0 Å². The summed E-state index contributed by atoms with van der Waals surface area (Å²) in [4.78, 5) is 2.24. The molecular weight excluding hydrogens is 244 g/mol. The molecule has 0 radical (unpaired) electrons. The summed E-state index contributed by atoms with van der Waals surface area (Å²) in [6.07, 6.45) is 0. The monoisotopic (exact) mass is 260 g/mol. The number of amidine groups is 1. The van der Waals surface area contributed by atoms with Gasteiger partial charge in [-0.25, -0.2) is 0 Å². The molecule has 0 aliphatic carbocycles. The fourth-order valence-corrected chi connectivity index (χ4v) is 2.52. The van der Waals surface area contributed by atoms with Gasteiger partial charge in [-0.15, -0.1) is 0 Å². The van der Waals surface area contributed by atoms with Gasteiger partial charge in [-0.1, -0.05) is 0 Å². The second kappa shape index (κ2) is 5.86. The molecule has 2 aliphatic heterocycles. The molecule has 0 saturated carbocycles. The van der Waals surface area contributed by atoms with Crippen LogP contribution in [0.15, 0.2) is 0 Å². The highest BCUT2D eigenvalue weighted by molar-refractivity contribution is 8.03. The summed E-state index contributed by atoms with van der Waals surface area (Å²) in [6, 6.07) is 0. The average Bonchev–Trinajstić information content (AvgIpc) is 2.31. The molecule has 0 aromatic heterocycles. The molecule has 0 atom stereocenters. The quantitative estimate of drug-likeness (QED) is 0.277. The van der Waals surface area contributed by atoms with E-state index in [1.54, 1.807) is 0 Å². The van der Waals surface area contributed by atoms with Gasteiger partial charge in [0.2, 0.25) is 0 Å². The first-order valence-corrected chi connectivity index (χ1v) is 6.34. The van der Waals surface area contributed by atoms with Crippen LogP contribution in [0.1, 0.15) is 0 Å². The van der Waals surface area contributed by atoms with Gasteiger partial charge in [0.25, 0.3) is 5.84 Å². The van der Waals surface area contributed by atoms with Crippen LogP contribution in [0.2, 0.25) is 0 Å². The molecule has 16 heavy (non-hydrogen) atoms. The zero-order valence-corrected chi connectivity index (χ0v) is 10.8. The minimum absolute atomic E-state index is 0.559. The first kappa shape index (κ1) is 12.2. The van der Waals surface area contributed by atoms with Crippen LogP contribution in [0, 0.1) is 0 Å². The summed E-state index contributed by atoms with van der Waals surface area (Å²) in [7, 11) is 0. The number of morpholine rings is 2. The van der Waals surface area contributed by atoms with Crippen molar-refractivity contribution < 1.29 is 14.0 Å². The summed E-state index contributed by atoms with van der Waals surface area (Å²) < 4.78 is 13.5. The van der Waals surface area contributed by atoms with Gasteiger partial charge in [0.15, 0.2) is 0 Å². The fraction of sp³-hybridized carbons (Fsp3) is 0.800. The highest BCUT2D eigenvalue weighted by Crippen LogP contribution is 2.03. The summed E-state index contributed by atoms with van der Waals surface area (Å²) >= 11 is 10.4. The van der Waals surface area contributed by atoms with E-state index in [0.29, 0.717) is 4.20 Å². The third-order valence-corrected chi connectivity index (χ3v) is 3.17. The molecule has 0 aromatic rings. The zero-order valence-electron chi connectivity index (χ0n) is 9.18. The second-order valence-corrected chi connectivity index (χ2v) is 4.88. The first-order chi connectivity index (χ1) is 7.79. The van der Waals surface area contributed by atoms with Crippen molar-refractivity contribution in [3.63, 3.8) is 0 Å². The topological polar surface area (TPSA) is 24.7 Å². The lowest BCUT2D eigenvalue weighted by molar-refractivity contribution is -0.552. The van der Waals surface area contributed by atoms with Gasteiger partial charge >= 0.3 is 0 Å². The van der Waals surface area contributed by atoms with Crippen LogP contribution in [-0.4, -0.2) is 72.1 Å². The molecule has 0 bridgehead atoms. The molecule has 2 aliphatic rings. The van der Waals surface area contributed by atoms with Crippen LogP contribution in [0.4, 0.5) is 0 Å². The number of hydrogen-bond donors (Lipinski definition) is 0. The zero-order chi connectivity index (χ0) is 11.4. The fourth-order valence-electron chi connectivity index (χ4n) is 2.01. The molecule has 0 N–H and O–H groups in total. The molecule has 2 fully saturated rings. The summed E-state index contributed by atoms with van der Waals surface area (Å²) in [5, 5.41) is 0. The third-order valence-electron chi connectivity index (χ3n) is 2.80. The molecule has 0 aromatic carbocycles. The molecular formula is C10H16N2O2S2. The third kappa shape index (κ3) is 2.88. The summed E-state index contributed by atoms with van der Waals surface area (Å²) in [5.41, 5.74) is 0. The standard InChI is InChI=1S/C10H16N2O2S2/c15-10(16)9(11-1-5-13-6-2-11)12-3-7-14-8-4-12/h1-8H2. The van der Waals surface area contributed by atoms with Crippen molar-refractivity contribution in [3.05, 3.63) is 0 Å². The Bertz CT molecular complexity index is 293. The Morgan fingerprint density at radius 2 is 1.62 bits per heavy atom. The van der Waals surface area contributed by atoms with Crippen LogP contribution in [0.25, 0.3) is 0 Å². The lowest BCUT2D eigenvalue weighted by Crippen LogP contribution is -2.49. The molecule has 0 amide bonds. The Morgan fingerprint density at radius 1 is 1.06 bits per heavy atom. The molecule has 0 spiro atoms. The largest absolute Gasteiger partial charge is 0.421 e. The Balaban J connectivity index is 2.17. The van der Waals surface area contributed by atoms with E-state index in [1.807, 2.05) is 0 Å². The molecule has 2 heterocycles. The van der Waals surface area contributed by atoms with Crippen LogP contribution in [0.3, 0.4) is 0 Å². The number of hydrogen-bond acceptors (Lipinski definition) is 4. The van der Waals surface area contributed by atoms with E-state index in [-0.39, 0.29) is 0 Å². The van der Waals surface area contributed by atoms with Crippen molar-refractivity contribution in [1.29, 1.82) is 0 Å². The minimum Gasteiger partial charge on any atom is -0.421 e. The maximum Gasteiger partial charge on any atom is 0.259 e. The van der Waals surface area contributed by atoms with Gasteiger partial charge < -0.3 is 34.3 Å². The first-order valence-electron chi connectivity index (χ1n) is 5.53. The van der Waals surface area contributed by atoms with Crippen molar-refractivity contribution in [2.75, 3.05) is 52.6 Å². The molecule has 90 valence electrons. The van der Waals surface area contributed by atoms with Crippen molar-refractivity contribution in [3.8, 4) is 0 Å². The van der Waals surface area contributed by atoms with E-state index in [2.05, 4.69) is 9.48 Å². The molecule has 6 heteroatoms. The number of ether oxygens (including phenoxy) is 2. The Kier molecular flexibility index (Phi) is 4.45. The molecule has 2 saturated heterocycles. The number of thiocarbonyl (C=S) groups is 1. The van der Waals surface area contributed by atoms with E-state index in [1.165, 1.54) is 0 Å². The molecule has 4 nitrogen and oxygen atoms in total. The van der Waals surface area contributed by atoms with E-state index in [9.17, 15) is 0 Å². The van der Waals surface area contributed by atoms with E-state index in [4.69, 9.17) is 34.3 Å². The predicted molar refractivity (Wildman–Crippen MR) is 68.2 cm³/mol. The van der Waals surface area contributed by atoms with Crippen molar-refractivity contribution >= 4 is 34.9 Å². The lowest BCUT2D eigenvalue weighted by atomic mass is 10.3. The SMILES string of the molecule is S=C([S-])C(N1CCOCC1)=[N+]1CCOCC1. The normalized spacial score (nSPS) is 22.0. The Morgan fingerprint density at radius 3 is 2.19 bits per heavy atom. The van der Waals surface area contributed by atoms with Gasteiger partial charge in [0.1, 0.15) is 26.2 Å². The van der Waals surface area contributed by atoms with Gasteiger partial charge in [0, 0.05) is 0 Å². The highest BCUT2D eigenvalue weighted by Gasteiger charge is 2.25. The van der Waals surface area contributed by atoms with Gasteiger partial charge in [-0.05, 0) is 4.20 Å².